The second-order valence-corrected chi connectivity index (χ2v) is 8.66. The number of fused-ring (bicyclic) bond motifs is 2. The van der Waals surface area contributed by atoms with Gasteiger partial charge in [0.1, 0.15) is 11.6 Å². The largest absolute Gasteiger partial charge is 0.484 e. The van der Waals surface area contributed by atoms with Crippen LogP contribution < -0.4 is 15.6 Å². The van der Waals surface area contributed by atoms with E-state index in [-0.39, 0.29) is 24.1 Å². The topological polar surface area (TPSA) is 76.5 Å². The average Bonchev–Trinajstić information content (AvgIpc) is 3.29. The molecule has 3 aromatic rings. The summed E-state index contributed by atoms with van der Waals surface area (Å²) in [6.45, 7) is 3.54. The molecule has 1 N–H and O–H groups in total. The van der Waals surface area contributed by atoms with Crippen molar-refractivity contribution in [3.05, 3.63) is 70.3 Å². The van der Waals surface area contributed by atoms with E-state index in [1.54, 1.807) is 22.8 Å². The summed E-state index contributed by atoms with van der Waals surface area (Å²) in [5, 5.41) is 3.63. The lowest BCUT2D eigenvalue weighted by atomic mass is 10.0. The Morgan fingerprint density at radius 1 is 1.09 bits per heavy atom. The summed E-state index contributed by atoms with van der Waals surface area (Å²) in [7, 11) is 0. The third kappa shape index (κ3) is 4.53. The molecule has 1 amide bonds. The van der Waals surface area contributed by atoms with E-state index in [2.05, 4.69) is 39.5 Å². The monoisotopic (exact) mass is 432 g/mol. The van der Waals surface area contributed by atoms with Crippen molar-refractivity contribution < 1.29 is 9.53 Å². The first-order valence-corrected chi connectivity index (χ1v) is 11.4. The van der Waals surface area contributed by atoms with Crippen molar-refractivity contribution in [1.82, 2.24) is 19.8 Å². The summed E-state index contributed by atoms with van der Waals surface area (Å²) >= 11 is 0. The summed E-state index contributed by atoms with van der Waals surface area (Å²) in [5.41, 5.74) is 1.97. The zero-order chi connectivity index (χ0) is 21.9. The molecule has 0 unspecified atom stereocenters. The Bertz CT molecular complexity index is 1170. The van der Waals surface area contributed by atoms with Gasteiger partial charge >= 0.3 is 0 Å². The number of hydrogen-bond donors (Lipinski definition) is 1. The first-order chi connectivity index (χ1) is 15.7. The summed E-state index contributed by atoms with van der Waals surface area (Å²) in [5.74, 6) is 1.24. The molecule has 0 bridgehead atoms. The van der Waals surface area contributed by atoms with E-state index in [9.17, 15) is 9.59 Å². The highest BCUT2D eigenvalue weighted by Gasteiger charge is 2.21. The fourth-order valence-electron chi connectivity index (χ4n) is 4.65. The van der Waals surface area contributed by atoms with Crippen LogP contribution in [0.5, 0.6) is 5.75 Å². The Morgan fingerprint density at radius 2 is 1.91 bits per heavy atom. The Hall–Kier alpha value is -3.19. The number of nitrogens with zero attached hydrogens (tertiary/aromatic N) is 3. The lowest BCUT2D eigenvalue weighted by Gasteiger charge is -2.32. The molecule has 0 aliphatic carbocycles. The molecule has 1 aromatic heterocycles. The van der Waals surface area contributed by atoms with Crippen molar-refractivity contribution in [1.29, 1.82) is 0 Å². The van der Waals surface area contributed by atoms with Crippen LogP contribution in [0.3, 0.4) is 0 Å². The molecular formula is C25H28N4O3. The number of benzene rings is 2. The van der Waals surface area contributed by atoms with Gasteiger partial charge in [-0.25, -0.2) is 4.98 Å². The molecule has 1 saturated heterocycles. The first-order valence-electron chi connectivity index (χ1n) is 11.4. The molecule has 3 heterocycles. The molecule has 1 fully saturated rings. The highest BCUT2D eigenvalue weighted by atomic mass is 16.5. The number of carbonyl (C=O) groups excluding carboxylic acids is 1. The molecule has 0 atom stereocenters. The number of ether oxygens (including phenoxy) is 1. The molecule has 7 heteroatoms. The summed E-state index contributed by atoms with van der Waals surface area (Å²) in [6.07, 6.45) is 3.66. The molecular weight excluding hydrogens is 404 g/mol. The van der Waals surface area contributed by atoms with Gasteiger partial charge in [-0.05, 0) is 43.0 Å². The quantitative estimate of drug-likeness (QED) is 0.648. The maximum atomic E-state index is 12.7. The van der Waals surface area contributed by atoms with Crippen molar-refractivity contribution in [2.24, 2.45) is 0 Å². The normalized spacial score (nSPS) is 16.8. The van der Waals surface area contributed by atoms with E-state index >= 15 is 0 Å². The van der Waals surface area contributed by atoms with Crippen LogP contribution >= 0.6 is 0 Å². The summed E-state index contributed by atoms with van der Waals surface area (Å²) in [6, 6.07) is 15.9. The van der Waals surface area contributed by atoms with Crippen LogP contribution in [0.25, 0.3) is 10.9 Å². The maximum Gasteiger partial charge on any atom is 0.261 e. The van der Waals surface area contributed by atoms with Crippen LogP contribution in [0.15, 0.2) is 53.3 Å². The van der Waals surface area contributed by atoms with E-state index in [4.69, 9.17) is 4.74 Å². The number of nitrogens with one attached hydrogen (secondary N) is 1. The highest BCUT2D eigenvalue weighted by molar-refractivity contribution is 5.80. The van der Waals surface area contributed by atoms with E-state index in [1.165, 1.54) is 5.56 Å². The minimum atomic E-state index is -0.129. The minimum absolute atomic E-state index is 0.0281. The molecule has 32 heavy (non-hydrogen) atoms. The molecule has 7 nitrogen and oxygen atoms in total. The van der Waals surface area contributed by atoms with Gasteiger partial charge < -0.3 is 10.1 Å². The highest BCUT2D eigenvalue weighted by Crippen LogP contribution is 2.20. The Morgan fingerprint density at radius 3 is 2.72 bits per heavy atom. The third-order valence-electron chi connectivity index (χ3n) is 6.36. The lowest BCUT2D eigenvalue weighted by Crippen LogP contribution is -2.45. The van der Waals surface area contributed by atoms with Gasteiger partial charge in [-0.1, -0.05) is 30.3 Å². The molecule has 0 radical (unpaired) electrons. The zero-order valence-corrected chi connectivity index (χ0v) is 18.1. The first kappa shape index (κ1) is 20.7. The van der Waals surface area contributed by atoms with E-state index in [1.807, 2.05) is 6.07 Å². The summed E-state index contributed by atoms with van der Waals surface area (Å²) in [4.78, 5) is 32.1. The van der Waals surface area contributed by atoms with Crippen molar-refractivity contribution in [3.63, 3.8) is 0 Å². The van der Waals surface area contributed by atoms with Gasteiger partial charge in [-0.15, -0.1) is 0 Å². The van der Waals surface area contributed by atoms with Crippen molar-refractivity contribution >= 4 is 16.8 Å². The minimum Gasteiger partial charge on any atom is -0.484 e. The smallest absolute Gasteiger partial charge is 0.261 e. The molecule has 2 aromatic carbocycles. The van der Waals surface area contributed by atoms with Gasteiger partial charge in [0.15, 0.2) is 6.61 Å². The predicted octanol–water partition coefficient (Wildman–Crippen LogP) is 2.50. The molecule has 5 rings (SSSR count). The van der Waals surface area contributed by atoms with Crippen LogP contribution in [-0.4, -0.2) is 46.1 Å². The van der Waals surface area contributed by atoms with Crippen LogP contribution in [0.4, 0.5) is 0 Å². The van der Waals surface area contributed by atoms with Gasteiger partial charge in [0.05, 0.1) is 10.9 Å². The van der Waals surface area contributed by atoms with E-state index < -0.39 is 0 Å². The zero-order valence-electron chi connectivity index (χ0n) is 18.1. The summed E-state index contributed by atoms with van der Waals surface area (Å²) < 4.78 is 7.43. The number of carbonyl (C=O) groups is 1. The fraction of sp³-hybridized carbons (Fsp3) is 0.400. The van der Waals surface area contributed by atoms with Gasteiger partial charge in [-0.3, -0.25) is 19.1 Å². The Kier molecular flexibility index (Phi) is 5.90. The molecule has 0 spiro atoms. The number of aromatic nitrogens is 2. The number of piperidine rings is 1. The standard InChI is InChI=1S/C25H28N4O3/c30-24(26-19-10-13-28(14-11-19)16-18-5-2-1-3-6-18)17-32-20-8-9-22-21(15-20)25(31)29-12-4-7-23(29)27-22/h1-3,5-6,8-9,15,19H,4,7,10-14,16-17H2,(H,26,30). The van der Waals surface area contributed by atoms with Crippen LogP contribution in [-0.2, 0) is 24.3 Å². The van der Waals surface area contributed by atoms with E-state index in [0.717, 1.165) is 57.7 Å². The number of hydrogen-bond acceptors (Lipinski definition) is 5. The number of rotatable bonds is 6. The van der Waals surface area contributed by atoms with E-state index in [0.29, 0.717) is 16.7 Å². The SMILES string of the molecule is O=C(COc1ccc2nc3n(c(=O)c2c1)CCC3)NC1CCN(Cc2ccccc2)CC1. The maximum absolute atomic E-state index is 12.7. The predicted molar refractivity (Wildman–Crippen MR) is 123 cm³/mol. The molecule has 2 aliphatic heterocycles. The second kappa shape index (κ2) is 9.12. The van der Waals surface area contributed by atoms with Crippen LogP contribution in [0.1, 0.15) is 30.7 Å². The van der Waals surface area contributed by atoms with Gasteiger partial charge in [0.2, 0.25) is 0 Å². The fourth-order valence-corrected chi connectivity index (χ4v) is 4.65. The molecule has 166 valence electrons. The van der Waals surface area contributed by atoms with Crippen molar-refractivity contribution in [2.75, 3.05) is 19.7 Å². The average molecular weight is 433 g/mol. The third-order valence-corrected chi connectivity index (χ3v) is 6.36. The number of likely N-dealkylation sites (tertiary alicyclic amines) is 1. The Balaban J connectivity index is 1.12. The molecule has 2 aliphatic rings. The number of aryl methyl sites for hydroxylation is 1. The molecule has 0 saturated carbocycles. The van der Waals surface area contributed by atoms with Crippen LogP contribution in [0.2, 0.25) is 0 Å². The van der Waals surface area contributed by atoms with Crippen molar-refractivity contribution in [3.8, 4) is 5.75 Å². The second-order valence-electron chi connectivity index (χ2n) is 8.66. The van der Waals surface area contributed by atoms with Gasteiger partial charge in [-0.2, -0.15) is 0 Å². The number of amides is 1. The van der Waals surface area contributed by atoms with Gasteiger partial charge in [0.25, 0.3) is 11.5 Å². The van der Waals surface area contributed by atoms with Gasteiger partial charge in [0, 0.05) is 38.6 Å². The van der Waals surface area contributed by atoms with Crippen LogP contribution in [0, 0.1) is 0 Å². The Labute approximate surface area is 187 Å². The van der Waals surface area contributed by atoms with Crippen molar-refractivity contribution in [2.45, 2.75) is 44.8 Å². The lowest BCUT2D eigenvalue weighted by molar-refractivity contribution is -0.124.